The number of ketones is 4. The van der Waals surface area contributed by atoms with Gasteiger partial charge in [-0.2, -0.15) is 0 Å². The minimum atomic E-state index is -2.08. The van der Waals surface area contributed by atoms with Crippen LogP contribution in [-0.2, 0) is 115 Å². The zero-order chi connectivity index (χ0) is 104. The van der Waals surface area contributed by atoms with Crippen molar-refractivity contribution in [1.82, 2.24) is 84.7 Å². The third kappa shape index (κ3) is 38.3. The van der Waals surface area contributed by atoms with Gasteiger partial charge in [0.15, 0.2) is 0 Å². The number of aromatic hydroxyl groups is 1. The number of rotatable bonds is 39. The number of hydrogen-bond acceptors (Lipinski definition) is 24. The smallest absolute Gasteiger partial charge is 0.303 e. The van der Waals surface area contributed by atoms with E-state index in [0.717, 1.165) is 0 Å². The Hall–Kier alpha value is -13.2. The van der Waals surface area contributed by atoms with Crippen LogP contribution in [0, 0.1) is 23.7 Å². The third-order valence-corrected chi connectivity index (χ3v) is 24.0. The van der Waals surface area contributed by atoms with Crippen LogP contribution in [0.4, 0.5) is 0 Å². The quantitative estimate of drug-likeness (QED) is 0.0220. The molecule has 2 heterocycles. The highest BCUT2D eigenvalue weighted by Gasteiger charge is 2.45. The average molecular weight is 1940 g/mol. The topological polar surface area (TPSA) is 650 Å². The lowest BCUT2D eigenvalue weighted by atomic mass is 9.89. The van der Waals surface area contributed by atoms with E-state index >= 15 is 33.6 Å². The number of Topliss-reactive ketones (excluding diaryl/α,β-unsaturated/α-hetero) is 4. The lowest BCUT2D eigenvalue weighted by Gasteiger charge is -2.34. The molecule has 3 aromatic carbocycles. The first-order valence-corrected chi connectivity index (χ1v) is 47.3. The second-order valence-electron chi connectivity index (χ2n) is 38.0. The number of aromatic amines is 1. The Kier molecular flexibility index (Phi) is 46.4. The minimum absolute atomic E-state index is 0.00666. The van der Waals surface area contributed by atoms with Crippen molar-refractivity contribution >= 4 is 129 Å². The standard InChI is InChI=1S/C98H144N18O23/c1-53(2)45-66-52-103-70(39-41-76(99)120)82(126)81(125)58(8)105-88(132)75(49-65-51-102-69-34-28-27-33-68(65)69)110-89(133)73(48-64-35-37-67(119)38-36-64)109-87(131)71(40-42-77(121)122)112-95(139)98(16,116-91(135)74(47-63-31-25-24-26-32-63)111-92(136)78(61(11)117)113-90(134)72(46-54(3)4)108-62(12)118)44-30-23-21-19-17-18-20-22-29-43-97(15,115-86(66)130)94(138)107-60(10)85(129)114-96(13,14)93(137)106-59(9)84(128)104-57(7)80(124)79(123)56(6)101-50-55(5)83(100)127/h18,20,24-28,31-38,51,53-61,66,70-75,78,101-103,117,119H,17,19,21-23,29-30,39-50,52H2,1-16H3,(H2,99,120)(H2,100,127)(H,104,128)(H,105,132)(H,106,137)(H,107,138)(H,108,118)(H,109,131)(H,110,133)(H,111,136)(H,112,139)(H,113,134)(H,114,129)(H,115,130)(H,116,135)(H,121,122)/b20-18+/t55-,56-,57-,58?,59?,60-,61+,66+,70-,71-,72-,73?,74-,75-,78-,97-,98+/m0/s1. The molecule has 1 aliphatic heterocycles. The number of benzene rings is 3. The maximum atomic E-state index is 15.6. The molecule has 139 heavy (non-hydrogen) atoms. The van der Waals surface area contributed by atoms with Crippen LogP contribution in [-0.4, -0.2) is 246 Å². The molecule has 41 heteroatoms. The first-order chi connectivity index (χ1) is 65.1. The number of fused-ring (bicyclic) bond motifs is 1. The number of aromatic nitrogens is 1. The molecule has 0 aliphatic carbocycles. The lowest BCUT2D eigenvalue weighted by molar-refractivity contribution is -0.140. The number of carbonyl (C=O) groups is 20. The van der Waals surface area contributed by atoms with E-state index < -0.39 is 257 Å². The van der Waals surface area contributed by atoms with Crippen molar-refractivity contribution in [2.45, 2.75) is 322 Å². The second kappa shape index (κ2) is 55.4. The summed E-state index contributed by atoms with van der Waals surface area (Å²) in [6.07, 6.45) is 2.85. The zero-order valence-electron chi connectivity index (χ0n) is 82.4. The van der Waals surface area contributed by atoms with E-state index in [0.29, 0.717) is 59.7 Å². The number of aliphatic carboxylic acids is 1. The summed E-state index contributed by atoms with van der Waals surface area (Å²) in [5.74, 6) is -21.7. The highest BCUT2D eigenvalue weighted by molar-refractivity contribution is 6.41. The molecule has 1 aromatic heterocycles. The predicted molar refractivity (Wildman–Crippen MR) is 515 cm³/mol. The van der Waals surface area contributed by atoms with Crippen molar-refractivity contribution in [2.75, 3.05) is 13.1 Å². The molecule has 41 nitrogen and oxygen atoms in total. The summed E-state index contributed by atoms with van der Waals surface area (Å²) < 4.78 is 0. The highest BCUT2D eigenvalue weighted by Crippen LogP contribution is 2.26. The lowest BCUT2D eigenvalue weighted by Crippen LogP contribution is -2.65. The molecule has 3 unspecified atom stereocenters. The van der Waals surface area contributed by atoms with E-state index in [-0.39, 0.29) is 82.0 Å². The van der Waals surface area contributed by atoms with Gasteiger partial charge < -0.3 is 112 Å². The normalized spacial score (nSPS) is 21.8. The van der Waals surface area contributed by atoms with Gasteiger partial charge in [-0.05, 0) is 180 Å². The van der Waals surface area contributed by atoms with Gasteiger partial charge in [0.2, 0.25) is 112 Å². The molecular weight excluding hydrogens is 1800 g/mol. The molecule has 0 radical (unpaired) electrons. The van der Waals surface area contributed by atoms with Crippen molar-refractivity contribution in [3.63, 3.8) is 0 Å². The summed E-state index contributed by atoms with van der Waals surface area (Å²) in [4.78, 5) is 284. The molecule has 4 aromatic rings. The molecule has 0 bridgehead atoms. The zero-order valence-corrected chi connectivity index (χ0v) is 82.4. The number of phenolic OH excluding ortho intramolecular Hbond substituents is 1. The number of nitrogens with one attached hydrogen (secondary N) is 16. The van der Waals surface area contributed by atoms with Crippen LogP contribution in [0.2, 0.25) is 0 Å². The Balaban J connectivity index is 1.60. The van der Waals surface area contributed by atoms with Crippen LogP contribution in [0.15, 0.2) is 97.2 Å². The number of nitrogens with two attached hydrogens (primary N) is 2. The fraction of sp³-hybridized carbons (Fsp3) is 0.571. The minimum Gasteiger partial charge on any atom is -0.508 e. The summed E-state index contributed by atoms with van der Waals surface area (Å²) in [7, 11) is 0. The van der Waals surface area contributed by atoms with E-state index in [9.17, 15) is 77.6 Å². The molecule has 5 rings (SSSR count). The van der Waals surface area contributed by atoms with Gasteiger partial charge in [-0.15, -0.1) is 0 Å². The Morgan fingerprint density at radius 3 is 1.76 bits per heavy atom. The van der Waals surface area contributed by atoms with Gasteiger partial charge in [0.1, 0.15) is 70.7 Å². The first kappa shape index (κ1) is 116. The van der Waals surface area contributed by atoms with Gasteiger partial charge in [0.05, 0.1) is 36.2 Å². The number of H-pyrrole nitrogens is 1. The van der Waals surface area contributed by atoms with Crippen LogP contribution >= 0.6 is 0 Å². The Labute approximate surface area is 810 Å². The predicted octanol–water partition coefficient (Wildman–Crippen LogP) is 1.13. The summed E-state index contributed by atoms with van der Waals surface area (Å²) >= 11 is 0. The average Bonchev–Trinajstić information content (AvgIpc) is 1.81. The van der Waals surface area contributed by atoms with Gasteiger partial charge in [-0.3, -0.25) is 95.9 Å². The highest BCUT2D eigenvalue weighted by atomic mass is 16.4. The molecule has 15 amide bonds. The second-order valence-corrected chi connectivity index (χ2v) is 38.0. The molecule has 17 atom stereocenters. The van der Waals surface area contributed by atoms with Gasteiger partial charge >= 0.3 is 5.97 Å². The number of primary amides is 2. The number of amides is 15. The van der Waals surface area contributed by atoms with Crippen molar-refractivity contribution in [3.05, 3.63) is 114 Å². The Bertz CT molecular complexity index is 5020. The molecule has 1 aliphatic rings. The number of allylic oxidation sites excluding steroid dienone is 2. The van der Waals surface area contributed by atoms with E-state index in [1.54, 1.807) is 88.5 Å². The molecular formula is C98H144N18O23. The van der Waals surface area contributed by atoms with Crippen LogP contribution in [0.5, 0.6) is 5.75 Å². The Morgan fingerprint density at radius 2 is 1.14 bits per heavy atom. The fourth-order valence-corrected chi connectivity index (χ4v) is 15.5. The number of aliphatic hydroxyl groups is 1. The van der Waals surface area contributed by atoms with Gasteiger partial charge in [-0.1, -0.05) is 127 Å². The van der Waals surface area contributed by atoms with Gasteiger partial charge in [0.25, 0.3) is 0 Å². The van der Waals surface area contributed by atoms with Gasteiger partial charge in [-0.25, -0.2) is 0 Å². The van der Waals surface area contributed by atoms with Crippen molar-refractivity contribution < 1.29 is 111 Å². The number of carboxylic acids is 1. The SMILES string of the molecule is CC(=O)N[C@@H](CC(C)C)C(=O)N[C@H](C(=O)N[C@@H](Cc1ccccc1)C(=O)N[C@]1(C)CCCCCC/C=C/CCC[C@@](C)(C(=O)N[C@@H](C)C(=O)NC(C)(C)C(=O)NC(C)C(=O)N[C@@H](C)C(=O)C(=O)[C@H](C)NC[C@H](C)C(N)=O)NC(=O)[C@H](CC(C)C)CN[C@@H](CCC(N)=O)C(=O)C(=O)C(C)NC(=O)[C@H](Cc2c[nH]c3ccccc23)NC(=O)C(Cc2ccc(O)cc2)NC(=O)[C@H](CCC(=O)O)NC1=O)[C@@H](C)O. The van der Waals surface area contributed by atoms with Crippen molar-refractivity contribution in [3.8, 4) is 5.75 Å². The summed E-state index contributed by atoms with van der Waals surface area (Å²) in [6, 6.07) is 2.40. The van der Waals surface area contributed by atoms with Crippen LogP contribution < -0.4 is 91.2 Å². The number of aliphatic hydroxyl groups excluding tert-OH is 1. The first-order valence-electron chi connectivity index (χ1n) is 47.3. The largest absolute Gasteiger partial charge is 0.508 e. The Morgan fingerprint density at radius 1 is 0.554 bits per heavy atom. The number of para-hydroxylation sites is 1. The van der Waals surface area contributed by atoms with Crippen LogP contribution in [0.3, 0.4) is 0 Å². The van der Waals surface area contributed by atoms with E-state index in [1.165, 1.54) is 107 Å². The maximum absolute atomic E-state index is 15.6. The number of carbonyl (C=O) groups excluding carboxylic acids is 19. The van der Waals surface area contributed by atoms with Crippen molar-refractivity contribution in [2.24, 2.45) is 35.1 Å². The molecule has 23 N–H and O–H groups in total. The van der Waals surface area contributed by atoms with E-state index in [2.05, 4.69) is 84.7 Å². The molecule has 0 saturated heterocycles. The summed E-state index contributed by atoms with van der Waals surface area (Å²) in [5, 5.41) is 72.1. The van der Waals surface area contributed by atoms with Crippen LogP contribution in [0.1, 0.15) is 224 Å². The summed E-state index contributed by atoms with van der Waals surface area (Å²) in [6.45, 7) is 22.6. The number of carboxylic acid groups (broad SMARTS) is 1. The molecule has 764 valence electrons. The number of hydrogen-bond donors (Lipinski definition) is 21. The van der Waals surface area contributed by atoms with Crippen molar-refractivity contribution in [1.29, 1.82) is 0 Å². The fourth-order valence-electron chi connectivity index (χ4n) is 15.5. The number of phenols is 1. The monoisotopic (exact) mass is 1940 g/mol. The summed E-state index contributed by atoms with van der Waals surface area (Å²) in [5.41, 5.74) is 7.03. The molecule has 0 saturated carbocycles. The third-order valence-electron chi connectivity index (χ3n) is 24.0. The molecule has 0 spiro atoms. The van der Waals surface area contributed by atoms with E-state index in [4.69, 9.17) is 11.5 Å². The van der Waals surface area contributed by atoms with Gasteiger partial charge in [0, 0.05) is 75.1 Å². The maximum Gasteiger partial charge on any atom is 0.303 e. The van der Waals surface area contributed by atoms with E-state index in [1.807, 2.05) is 12.2 Å². The molecule has 0 fully saturated rings. The van der Waals surface area contributed by atoms with Crippen LogP contribution in [0.25, 0.3) is 10.9 Å².